The molecule has 0 saturated carbocycles. The second-order valence-electron chi connectivity index (χ2n) is 3.94. The van der Waals surface area contributed by atoms with E-state index in [4.69, 9.17) is 5.73 Å². The van der Waals surface area contributed by atoms with Gasteiger partial charge in [0.15, 0.2) is 0 Å². The lowest BCUT2D eigenvalue weighted by Crippen LogP contribution is -2.23. The van der Waals surface area contributed by atoms with Gasteiger partial charge >= 0.3 is 0 Å². The normalized spacial score (nSPS) is 10.3. The standard InChI is InChI=1S/C12H13FN4O/c1-17-3-2-11(16-17)7-15-12(18)8-4-9(13)6-10(14)5-8/h2-6H,7,14H2,1H3,(H,15,18). The van der Waals surface area contributed by atoms with E-state index in [0.717, 1.165) is 17.8 Å². The third kappa shape index (κ3) is 2.85. The number of carbonyl (C=O) groups excluding carboxylic acids is 1. The van der Waals surface area contributed by atoms with E-state index in [-0.39, 0.29) is 23.7 Å². The summed E-state index contributed by atoms with van der Waals surface area (Å²) in [5, 5.41) is 6.76. The highest BCUT2D eigenvalue weighted by Gasteiger charge is 2.08. The third-order valence-electron chi connectivity index (χ3n) is 2.38. The smallest absolute Gasteiger partial charge is 0.251 e. The lowest BCUT2D eigenvalue weighted by Gasteiger charge is -2.04. The number of hydrogen-bond acceptors (Lipinski definition) is 3. The highest BCUT2D eigenvalue weighted by atomic mass is 19.1. The first-order valence-electron chi connectivity index (χ1n) is 5.37. The number of halogens is 1. The summed E-state index contributed by atoms with van der Waals surface area (Å²) >= 11 is 0. The van der Waals surface area contributed by atoms with Crippen LogP contribution in [0, 0.1) is 5.82 Å². The molecular weight excluding hydrogens is 235 g/mol. The van der Waals surface area contributed by atoms with E-state index >= 15 is 0 Å². The van der Waals surface area contributed by atoms with Crippen LogP contribution in [0.3, 0.4) is 0 Å². The molecule has 0 radical (unpaired) electrons. The first-order chi connectivity index (χ1) is 8.54. The van der Waals surface area contributed by atoms with Gasteiger partial charge in [0.25, 0.3) is 5.91 Å². The summed E-state index contributed by atoms with van der Waals surface area (Å²) in [6, 6.07) is 5.52. The van der Waals surface area contributed by atoms with Crippen LogP contribution >= 0.6 is 0 Å². The minimum atomic E-state index is -0.530. The van der Waals surface area contributed by atoms with Crippen LogP contribution in [0.1, 0.15) is 16.1 Å². The summed E-state index contributed by atoms with van der Waals surface area (Å²) in [6.07, 6.45) is 1.78. The maximum Gasteiger partial charge on any atom is 0.251 e. The fourth-order valence-corrected chi connectivity index (χ4v) is 1.57. The molecule has 0 fully saturated rings. The number of benzene rings is 1. The van der Waals surface area contributed by atoms with Crippen LogP contribution in [0.25, 0.3) is 0 Å². The van der Waals surface area contributed by atoms with Gasteiger partial charge in [-0.25, -0.2) is 4.39 Å². The SMILES string of the molecule is Cn1ccc(CNC(=O)c2cc(N)cc(F)c2)n1. The van der Waals surface area contributed by atoms with Crippen molar-refractivity contribution in [3.05, 3.63) is 47.5 Å². The van der Waals surface area contributed by atoms with E-state index in [1.807, 2.05) is 0 Å². The molecule has 0 unspecified atom stereocenters. The largest absolute Gasteiger partial charge is 0.399 e. The van der Waals surface area contributed by atoms with Gasteiger partial charge in [0.2, 0.25) is 0 Å². The molecule has 1 aromatic heterocycles. The van der Waals surface area contributed by atoms with Gasteiger partial charge in [-0.3, -0.25) is 9.48 Å². The second kappa shape index (κ2) is 4.87. The molecule has 0 aliphatic heterocycles. The van der Waals surface area contributed by atoms with Crippen LogP contribution < -0.4 is 11.1 Å². The fraction of sp³-hybridized carbons (Fsp3) is 0.167. The molecule has 1 heterocycles. The second-order valence-corrected chi connectivity index (χ2v) is 3.94. The molecule has 0 spiro atoms. The molecule has 1 aromatic carbocycles. The maximum absolute atomic E-state index is 13.1. The number of rotatable bonds is 3. The Morgan fingerprint density at radius 2 is 2.28 bits per heavy atom. The molecule has 0 aliphatic carbocycles. The molecular formula is C12H13FN4O. The number of carbonyl (C=O) groups is 1. The quantitative estimate of drug-likeness (QED) is 0.798. The van der Waals surface area contributed by atoms with Gasteiger partial charge in [-0.1, -0.05) is 0 Å². The summed E-state index contributed by atoms with van der Waals surface area (Å²) in [5.74, 6) is -0.912. The van der Waals surface area contributed by atoms with Crippen molar-refractivity contribution in [1.82, 2.24) is 15.1 Å². The van der Waals surface area contributed by atoms with Gasteiger partial charge in [-0.05, 0) is 24.3 Å². The van der Waals surface area contributed by atoms with Crippen molar-refractivity contribution >= 4 is 11.6 Å². The maximum atomic E-state index is 13.1. The van der Waals surface area contributed by atoms with Crippen molar-refractivity contribution in [1.29, 1.82) is 0 Å². The van der Waals surface area contributed by atoms with Crippen molar-refractivity contribution in [3.8, 4) is 0 Å². The molecule has 18 heavy (non-hydrogen) atoms. The Morgan fingerprint density at radius 3 is 2.89 bits per heavy atom. The molecule has 94 valence electrons. The predicted molar refractivity (Wildman–Crippen MR) is 65.2 cm³/mol. The minimum absolute atomic E-state index is 0.198. The van der Waals surface area contributed by atoms with Crippen LogP contribution in [0.2, 0.25) is 0 Å². The van der Waals surface area contributed by atoms with E-state index in [0.29, 0.717) is 0 Å². The number of hydrogen-bond donors (Lipinski definition) is 2. The van der Waals surface area contributed by atoms with Crippen molar-refractivity contribution in [2.24, 2.45) is 7.05 Å². The minimum Gasteiger partial charge on any atom is -0.399 e. The molecule has 0 saturated heterocycles. The molecule has 3 N–H and O–H groups in total. The number of nitrogens with one attached hydrogen (secondary N) is 1. The monoisotopic (exact) mass is 248 g/mol. The zero-order chi connectivity index (χ0) is 13.1. The average molecular weight is 248 g/mol. The van der Waals surface area contributed by atoms with E-state index < -0.39 is 5.82 Å². The lowest BCUT2D eigenvalue weighted by molar-refractivity contribution is 0.0950. The van der Waals surface area contributed by atoms with E-state index in [1.54, 1.807) is 24.0 Å². The molecule has 0 bridgehead atoms. The van der Waals surface area contributed by atoms with E-state index in [1.165, 1.54) is 6.07 Å². The van der Waals surface area contributed by atoms with Crippen molar-refractivity contribution in [2.75, 3.05) is 5.73 Å². The number of nitrogen functional groups attached to an aromatic ring is 1. The molecule has 0 atom stereocenters. The van der Waals surface area contributed by atoms with Gasteiger partial charge in [0, 0.05) is 24.5 Å². The third-order valence-corrected chi connectivity index (χ3v) is 2.38. The zero-order valence-electron chi connectivity index (χ0n) is 9.85. The van der Waals surface area contributed by atoms with Gasteiger partial charge < -0.3 is 11.1 Å². The number of nitrogens with zero attached hydrogens (tertiary/aromatic N) is 2. The first kappa shape index (κ1) is 12.1. The highest BCUT2D eigenvalue weighted by molar-refractivity contribution is 5.94. The number of nitrogens with two attached hydrogens (primary N) is 1. The van der Waals surface area contributed by atoms with Gasteiger partial charge in [-0.15, -0.1) is 0 Å². The van der Waals surface area contributed by atoms with Crippen LogP contribution in [-0.2, 0) is 13.6 Å². The summed E-state index contributed by atoms with van der Waals surface area (Å²) < 4.78 is 14.7. The fourth-order valence-electron chi connectivity index (χ4n) is 1.57. The Morgan fingerprint density at radius 1 is 1.50 bits per heavy atom. The molecule has 1 amide bonds. The van der Waals surface area contributed by atoms with Gasteiger partial charge in [-0.2, -0.15) is 5.10 Å². The van der Waals surface area contributed by atoms with E-state index in [2.05, 4.69) is 10.4 Å². The number of aromatic nitrogens is 2. The Hall–Kier alpha value is -2.37. The molecule has 0 aliphatic rings. The summed E-state index contributed by atoms with van der Waals surface area (Å²) in [4.78, 5) is 11.8. The average Bonchev–Trinajstić information content (AvgIpc) is 2.70. The van der Waals surface area contributed by atoms with Crippen LogP contribution in [0.15, 0.2) is 30.5 Å². The predicted octanol–water partition coefficient (Wildman–Crippen LogP) is 1.07. The van der Waals surface area contributed by atoms with Crippen LogP contribution in [0.4, 0.5) is 10.1 Å². The highest BCUT2D eigenvalue weighted by Crippen LogP contribution is 2.10. The number of anilines is 1. The van der Waals surface area contributed by atoms with Gasteiger partial charge in [0.1, 0.15) is 5.82 Å². The summed E-state index contributed by atoms with van der Waals surface area (Å²) in [6.45, 7) is 0.288. The van der Waals surface area contributed by atoms with Crippen molar-refractivity contribution < 1.29 is 9.18 Å². The molecule has 6 heteroatoms. The Bertz CT molecular complexity index is 559. The topological polar surface area (TPSA) is 72.9 Å². The molecule has 5 nitrogen and oxygen atoms in total. The summed E-state index contributed by atoms with van der Waals surface area (Å²) in [5.41, 5.74) is 6.62. The zero-order valence-corrected chi connectivity index (χ0v) is 9.85. The number of amides is 1. The molecule has 2 aromatic rings. The van der Waals surface area contributed by atoms with Crippen LogP contribution in [0.5, 0.6) is 0 Å². The van der Waals surface area contributed by atoms with Crippen molar-refractivity contribution in [3.63, 3.8) is 0 Å². The molecule has 2 rings (SSSR count). The van der Waals surface area contributed by atoms with Crippen LogP contribution in [-0.4, -0.2) is 15.7 Å². The van der Waals surface area contributed by atoms with Gasteiger partial charge in [0.05, 0.1) is 12.2 Å². The Kier molecular flexibility index (Phi) is 3.27. The number of aryl methyl sites for hydroxylation is 1. The first-order valence-corrected chi connectivity index (χ1v) is 5.37. The van der Waals surface area contributed by atoms with Crippen molar-refractivity contribution in [2.45, 2.75) is 6.54 Å². The Labute approximate surface area is 103 Å². The van der Waals surface area contributed by atoms with E-state index in [9.17, 15) is 9.18 Å². The summed E-state index contributed by atoms with van der Waals surface area (Å²) in [7, 11) is 1.79. The lowest BCUT2D eigenvalue weighted by atomic mass is 10.2. The Balaban J connectivity index is 2.03.